The summed E-state index contributed by atoms with van der Waals surface area (Å²) in [5.41, 5.74) is 19.3. The third-order valence-electron chi connectivity index (χ3n) is 15.6. The van der Waals surface area contributed by atoms with Crippen LogP contribution in [0.25, 0.3) is 0 Å². The van der Waals surface area contributed by atoms with E-state index in [1.807, 2.05) is 0 Å². The molecule has 0 bridgehead atoms. The summed E-state index contributed by atoms with van der Waals surface area (Å²) in [4.78, 5) is 148. The normalized spacial score (nSPS) is 10.3. The maximum Gasteiger partial charge on any atom is 3.00 e. The summed E-state index contributed by atoms with van der Waals surface area (Å²) in [6.07, 6.45) is 0. The summed E-state index contributed by atoms with van der Waals surface area (Å²) >= 11 is 22.9. The second-order valence-electron chi connectivity index (χ2n) is 25.9. The quantitative estimate of drug-likeness (QED) is 0.0119. The summed E-state index contributed by atoms with van der Waals surface area (Å²) in [6.45, 7) is -9.22. The number of benzene rings is 4. The molecule has 0 saturated heterocycles. The van der Waals surface area contributed by atoms with Crippen molar-refractivity contribution in [3.63, 3.8) is 0 Å². The Morgan fingerprint density at radius 2 is 0.427 bits per heavy atom. The fourth-order valence-electron chi connectivity index (χ4n) is 11.3. The molecule has 4 N–H and O–H groups in total. The van der Waals surface area contributed by atoms with E-state index in [1.165, 1.54) is 34.1 Å². The van der Waals surface area contributed by atoms with E-state index in [1.54, 1.807) is 121 Å². The average Bonchev–Trinajstić information content (AvgIpc) is 0.842. The van der Waals surface area contributed by atoms with Crippen molar-refractivity contribution in [1.29, 1.82) is 0 Å². The number of isothiocyanates is 2. The Bertz CT molecular complexity index is 5190. The minimum atomic E-state index is -1.55. The molecule has 0 radical (unpaired) electrons. The fourth-order valence-corrected chi connectivity index (χ4v) is 11.5. The van der Waals surface area contributed by atoms with Crippen molar-refractivity contribution in [2.45, 2.75) is 52.4 Å². The van der Waals surface area contributed by atoms with E-state index in [2.05, 4.69) is 124 Å². The zero-order valence-electron chi connectivity index (χ0n) is 64.5. The number of rotatable bonds is 38. The predicted molar refractivity (Wildman–Crippen MR) is 429 cm³/mol. The molecule has 8 rings (SSSR count). The molecular weight excluding hydrogens is 1980 g/mol. The van der Waals surface area contributed by atoms with Crippen LogP contribution >= 0.6 is 59.9 Å². The number of carboxylic acids is 10. The molecular formula is C83H64Cl2Eu2N14O20S3-4. The van der Waals surface area contributed by atoms with Crippen LogP contribution in [0.4, 0.5) is 22.7 Å². The first-order valence-electron chi connectivity index (χ1n) is 35.3. The van der Waals surface area contributed by atoms with Crippen molar-refractivity contribution in [2.24, 2.45) is 9.98 Å². The molecule has 41 heteroatoms. The number of pyridine rings is 4. The number of aliphatic carboxylic acids is 10. The summed E-state index contributed by atoms with van der Waals surface area (Å²) in [7, 11) is 0. The number of aliphatic imine (C=N–C) groups is 2. The smallest absolute Gasteiger partial charge is 0.549 e. The SMILES string of the molecule is Nc1ccc(C#Cc2cc(CN(CC(=O)[O-])CC(=O)[O-])nc(CN(CC(=O)[O-])Cc3cc(C#Cc4ccc(N)cc4)cc(CN(CC(=O)[O-])CC(=O)[O-])n3)c2)cc1.O=C([O-])CN(CC(=O)[O-])Cc1cc(C#Cc2ccc(N=C=S)cc2)cc(CN(CC(=O)[O-])Cc2cc(C#Cc3ccc(N=C=S)cc3)cc(CN(CC(=O)[O-])CC(=O)[O-])n2)n1.S=C(Cl)Cl.[Eu+3].[Eu+3]. The second kappa shape index (κ2) is 55.5. The van der Waals surface area contributed by atoms with Crippen LogP contribution < -0.4 is 62.5 Å². The van der Waals surface area contributed by atoms with Gasteiger partial charge in [0, 0.05) is 174 Å². The van der Waals surface area contributed by atoms with Crippen molar-refractivity contribution in [3.8, 4) is 47.4 Å². The molecule has 636 valence electrons. The molecule has 0 unspecified atom stereocenters. The molecule has 0 aliphatic heterocycles. The van der Waals surface area contributed by atoms with Gasteiger partial charge in [0.05, 0.1) is 127 Å². The molecule has 0 saturated carbocycles. The van der Waals surface area contributed by atoms with Crippen LogP contribution in [0.15, 0.2) is 156 Å². The number of halogens is 2. The molecule has 124 heavy (non-hydrogen) atoms. The second-order valence-corrected chi connectivity index (χ2v) is 28.1. The van der Waals surface area contributed by atoms with E-state index in [4.69, 9.17) is 34.7 Å². The van der Waals surface area contributed by atoms with Crippen molar-refractivity contribution >= 4 is 156 Å². The molecule has 0 atom stereocenters. The maximum absolute atomic E-state index is 12.1. The van der Waals surface area contributed by atoms with Crippen molar-refractivity contribution < 1.29 is 198 Å². The summed E-state index contributed by atoms with van der Waals surface area (Å²) in [5, 5.41) is 120. The van der Waals surface area contributed by atoms with Crippen molar-refractivity contribution in [3.05, 3.63) is 236 Å². The van der Waals surface area contributed by atoms with Crippen LogP contribution in [0, 0.1) is 146 Å². The molecule has 4 aromatic heterocycles. The third kappa shape index (κ3) is 44.0. The average molecular weight is 2050 g/mol. The number of carboxylic acid groups (broad SMARTS) is 10. The first-order valence-corrected chi connectivity index (χ1v) is 37.3. The van der Waals surface area contributed by atoms with Crippen molar-refractivity contribution in [1.82, 2.24) is 49.3 Å². The number of hydrogen-bond donors (Lipinski definition) is 2. The van der Waals surface area contributed by atoms with Gasteiger partial charge in [-0.05, 0) is 170 Å². The van der Waals surface area contributed by atoms with Crippen LogP contribution in [0.1, 0.15) is 90.1 Å². The number of nitrogen functional groups attached to an aromatic ring is 2. The number of aromatic nitrogens is 4. The topological polar surface area (TPSA) is 549 Å². The van der Waals surface area contributed by atoms with Gasteiger partial charge < -0.3 is 110 Å². The van der Waals surface area contributed by atoms with Gasteiger partial charge in [-0.2, -0.15) is 9.98 Å². The molecule has 4 heterocycles. The number of hydrogen-bond acceptors (Lipinski definition) is 37. The molecule has 0 aliphatic carbocycles. The van der Waals surface area contributed by atoms with Gasteiger partial charge >= 0.3 is 98.8 Å². The molecule has 0 amide bonds. The van der Waals surface area contributed by atoms with Gasteiger partial charge in [-0.3, -0.25) is 49.3 Å². The summed E-state index contributed by atoms with van der Waals surface area (Å²) < 4.78 is -0.0556. The summed E-state index contributed by atoms with van der Waals surface area (Å²) in [6, 6.07) is 39.2. The zero-order chi connectivity index (χ0) is 89.4. The number of carbonyl (C=O) groups is 10. The van der Waals surface area contributed by atoms with Gasteiger partial charge in [0.1, 0.15) is 0 Å². The Morgan fingerprint density at radius 1 is 0.282 bits per heavy atom. The van der Waals surface area contributed by atoms with Crippen LogP contribution in [0.3, 0.4) is 0 Å². The number of nitrogens with zero attached hydrogens (tertiary/aromatic N) is 12. The number of carbonyl (C=O) groups excluding carboxylic acids is 10. The minimum Gasteiger partial charge on any atom is -0.549 e. The van der Waals surface area contributed by atoms with E-state index in [0.717, 1.165) is 19.6 Å². The Kier molecular flexibility index (Phi) is 47.2. The van der Waals surface area contributed by atoms with Gasteiger partial charge in [-0.1, -0.05) is 82.8 Å². The first kappa shape index (κ1) is 106. The predicted octanol–water partition coefficient (Wildman–Crippen LogP) is -6.35. The zero-order valence-corrected chi connectivity index (χ0v) is 73.3. The largest absolute Gasteiger partial charge is 3.00 e. The Morgan fingerprint density at radius 3 is 0.589 bits per heavy atom. The van der Waals surface area contributed by atoms with Gasteiger partial charge in [-0.15, -0.1) is 0 Å². The molecule has 0 aliphatic rings. The number of nitrogens with two attached hydrogens (primary N) is 2. The Hall–Kier alpha value is -10.8. The molecule has 0 spiro atoms. The minimum absolute atomic E-state index is 0. The van der Waals surface area contributed by atoms with E-state index in [0.29, 0.717) is 67.3 Å². The Balaban J connectivity index is 0.000000492. The standard InChI is InChI=1S/C42H35N7O10S2.C40H39N7O10.CCl2S.2Eu/c50-38(51)21-47(17-34-13-30(3-1-28-5-9-32(10-6-28)43-26-60)15-36(45-34)19-48(22-39(52)53)23-40(54)55)18-35-14-31(4-2-29-7-11-33(12-8-29)44-27-61)16-37(46-35)20-49(24-41(56)57)25-42(58)59;41-30-9-5-26(6-10-30)1-3-28-13-32(43-34(15-28)19-46(22-37(50)51)23-38(52)53)17-45(21-36(48)49)18-33-14-29(4-2-27-7-11-31(42)12-8-27)16-35(44-33)20-47(24-39(54)55)25-40(56)57;2-1(3)4;;/h5-16H,17-25H2,(H,50,51)(H,52,53)(H,54,55)(H,56,57)(H,58,59);5-16H,17-25,41-42H2,(H,48,49)(H,50,51)(H,52,53)(H,54,55)(H,56,57);;;/q;;;2*+3/p-10. The number of thiocarbonyl (C=S) groups is 3. The molecule has 34 nitrogen and oxygen atoms in total. The fraction of sp³-hybridized carbons (Fsp3) is 0.217. The third-order valence-corrected chi connectivity index (χ3v) is 15.8. The van der Waals surface area contributed by atoms with Crippen molar-refractivity contribution in [2.75, 3.05) is 76.9 Å². The van der Waals surface area contributed by atoms with Gasteiger partial charge in [-0.25, -0.2) is 0 Å². The van der Waals surface area contributed by atoms with Gasteiger partial charge in [0.15, 0.2) is 3.78 Å². The van der Waals surface area contributed by atoms with Crippen LogP contribution in [0.5, 0.6) is 0 Å². The van der Waals surface area contributed by atoms with Gasteiger partial charge in [0.2, 0.25) is 0 Å². The maximum atomic E-state index is 12.1. The van der Waals surface area contributed by atoms with Crippen LogP contribution in [-0.4, -0.2) is 189 Å². The molecule has 4 aromatic carbocycles. The van der Waals surface area contributed by atoms with E-state index < -0.39 is 125 Å². The van der Waals surface area contributed by atoms with E-state index in [-0.39, 0.29) is 200 Å². The monoisotopic (exact) mass is 2050 g/mol. The number of anilines is 2. The Labute approximate surface area is 816 Å². The first-order chi connectivity index (χ1) is 58.0. The van der Waals surface area contributed by atoms with E-state index in [9.17, 15) is 99.0 Å². The van der Waals surface area contributed by atoms with Crippen LogP contribution in [0.2, 0.25) is 0 Å². The van der Waals surface area contributed by atoms with E-state index >= 15 is 0 Å². The summed E-state index contributed by atoms with van der Waals surface area (Å²) in [5.74, 6) is 8.61. The molecule has 0 fully saturated rings. The molecule has 8 aromatic rings. The van der Waals surface area contributed by atoms with Crippen LogP contribution in [-0.2, 0) is 100 Å². The van der Waals surface area contributed by atoms with Gasteiger partial charge in [0.25, 0.3) is 0 Å².